The Morgan fingerprint density at radius 2 is 2.26 bits per heavy atom. The molecular weight excluding hydrogens is 236 g/mol. The van der Waals surface area contributed by atoms with Gasteiger partial charge in [0.15, 0.2) is 0 Å². The van der Waals surface area contributed by atoms with Gasteiger partial charge in [0.25, 0.3) is 0 Å². The van der Waals surface area contributed by atoms with E-state index in [4.69, 9.17) is 0 Å². The molecule has 0 saturated carbocycles. The number of aryl methyl sites for hydroxylation is 1. The summed E-state index contributed by atoms with van der Waals surface area (Å²) in [5.41, 5.74) is 3.43. The van der Waals surface area contributed by atoms with Crippen molar-refractivity contribution in [2.75, 3.05) is 18.4 Å². The van der Waals surface area contributed by atoms with E-state index in [2.05, 4.69) is 35.8 Å². The maximum absolute atomic E-state index is 10.2. The molecular formula is C16H26N2O. The molecule has 0 spiro atoms. The summed E-state index contributed by atoms with van der Waals surface area (Å²) in [6.07, 6.45) is 4.24. The lowest BCUT2D eigenvalue weighted by atomic mass is 9.98. The van der Waals surface area contributed by atoms with Crippen molar-refractivity contribution in [3.05, 3.63) is 29.3 Å². The molecule has 0 bridgehead atoms. The fraction of sp³-hybridized carbons (Fsp3) is 0.625. The Labute approximate surface area is 116 Å². The number of fused-ring (bicyclic) bond motifs is 1. The molecule has 3 nitrogen and oxygen atoms in total. The van der Waals surface area contributed by atoms with Crippen molar-refractivity contribution in [3.63, 3.8) is 0 Å². The first-order valence-electron chi connectivity index (χ1n) is 7.40. The molecule has 19 heavy (non-hydrogen) atoms. The van der Waals surface area contributed by atoms with Crippen LogP contribution in [0.3, 0.4) is 0 Å². The predicted octanol–water partition coefficient (Wildman–Crippen LogP) is 2.69. The van der Waals surface area contributed by atoms with Crippen LogP contribution < -0.4 is 10.6 Å². The third kappa shape index (κ3) is 3.95. The quantitative estimate of drug-likeness (QED) is 0.738. The molecule has 0 aliphatic carbocycles. The summed E-state index contributed by atoms with van der Waals surface area (Å²) in [6, 6.07) is 6.50. The Kier molecular flexibility index (Phi) is 4.83. The van der Waals surface area contributed by atoms with Crippen molar-refractivity contribution in [1.29, 1.82) is 0 Å². The zero-order valence-corrected chi connectivity index (χ0v) is 12.1. The molecule has 3 heteroatoms. The fourth-order valence-electron chi connectivity index (χ4n) is 2.82. The Hall–Kier alpha value is -1.06. The summed E-state index contributed by atoms with van der Waals surface area (Å²) in [4.78, 5) is 0. The van der Waals surface area contributed by atoms with Crippen molar-refractivity contribution in [3.8, 4) is 0 Å². The highest BCUT2D eigenvalue weighted by atomic mass is 16.3. The molecule has 0 fully saturated rings. The minimum Gasteiger partial charge on any atom is -0.389 e. The predicted molar refractivity (Wildman–Crippen MR) is 80.5 cm³/mol. The molecule has 3 N–H and O–H groups in total. The minimum atomic E-state index is -0.600. The molecule has 1 heterocycles. The third-order valence-electron chi connectivity index (χ3n) is 3.77. The normalized spacial score (nSPS) is 17.4. The van der Waals surface area contributed by atoms with Crippen molar-refractivity contribution in [1.82, 2.24) is 5.32 Å². The van der Waals surface area contributed by atoms with Crippen molar-refractivity contribution in [2.24, 2.45) is 0 Å². The van der Waals surface area contributed by atoms with Crippen LogP contribution in [0.1, 0.15) is 44.2 Å². The van der Waals surface area contributed by atoms with E-state index in [9.17, 15) is 5.11 Å². The zero-order valence-electron chi connectivity index (χ0n) is 12.1. The van der Waals surface area contributed by atoms with E-state index < -0.39 is 5.60 Å². The van der Waals surface area contributed by atoms with Crippen LogP contribution in [0.25, 0.3) is 0 Å². The van der Waals surface area contributed by atoms with Gasteiger partial charge in [-0.3, -0.25) is 0 Å². The highest BCUT2D eigenvalue weighted by Gasteiger charge is 2.18. The van der Waals surface area contributed by atoms with Crippen LogP contribution in [0.4, 0.5) is 5.69 Å². The second-order valence-corrected chi connectivity index (χ2v) is 5.83. The first-order chi connectivity index (χ1) is 9.12. The van der Waals surface area contributed by atoms with E-state index in [1.807, 2.05) is 6.92 Å². The van der Waals surface area contributed by atoms with Gasteiger partial charge < -0.3 is 15.7 Å². The number of benzene rings is 1. The van der Waals surface area contributed by atoms with E-state index in [0.717, 1.165) is 25.9 Å². The van der Waals surface area contributed by atoms with Gasteiger partial charge >= 0.3 is 0 Å². The smallest absolute Gasteiger partial charge is 0.0743 e. The number of hydrogen-bond donors (Lipinski definition) is 3. The van der Waals surface area contributed by atoms with Crippen LogP contribution in [-0.2, 0) is 13.0 Å². The van der Waals surface area contributed by atoms with Crippen LogP contribution >= 0.6 is 0 Å². The average molecular weight is 262 g/mol. The fourth-order valence-corrected chi connectivity index (χ4v) is 2.82. The van der Waals surface area contributed by atoms with Crippen molar-refractivity contribution in [2.45, 2.75) is 51.7 Å². The van der Waals surface area contributed by atoms with Gasteiger partial charge in [-0.25, -0.2) is 0 Å². The number of nitrogens with one attached hydrogen (secondary N) is 2. The Balaban J connectivity index is 1.93. The molecule has 0 amide bonds. The van der Waals surface area contributed by atoms with E-state index in [0.29, 0.717) is 6.54 Å². The van der Waals surface area contributed by atoms with Gasteiger partial charge in [-0.15, -0.1) is 0 Å². The topological polar surface area (TPSA) is 44.3 Å². The summed E-state index contributed by atoms with van der Waals surface area (Å²) in [6.45, 7) is 6.53. The Bertz CT molecular complexity index is 415. The standard InChI is InChI=1S/C16H26N2O/c1-3-9-16(2,19)12-17-11-14-7-4-6-13-8-5-10-18-15(13)14/h4,6-7,17-19H,3,5,8-12H2,1-2H3. The molecule has 1 aromatic carbocycles. The maximum atomic E-state index is 10.2. The number of para-hydroxylation sites is 1. The van der Waals surface area contributed by atoms with Gasteiger partial charge in [0.05, 0.1) is 5.60 Å². The molecule has 1 aromatic rings. The van der Waals surface area contributed by atoms with Gasteiger partial charge in [-0.2, -0.15) is 0 Å². The maximum Gasteiger partial charge on any atom is 0.0743 e. The summed E-state index contributed by atoms with van der Waals surface area (Å²) in [5, 5.41) is 17.0. The Morgan fingerprint density at radius 3 is 3.05 bits per heavy atom. The summed E-state index contributed by atoms with van der Waals surface area (Å²) < 4.78 is 0. The van der Waals surface area contributed by atoms with Gasteiger partial charge in [-0.05, 0) is 37.3 Å². The molecule has 0 radical (unpaired) electrons. The van der Waals surface area contributed by atoms with Crippen LogP contribution in [0.15, 0.2) is 18.2 Å². The first-order valence-corrected chi connectivity index (χ1v) is 7.40. The van der Waals surface area contributed by atoms with Crippen LogP contribution in [0.5, 0.6) is 0 Å². The van der Waals surface area contributed by atoms with Gasteiger partial charge in [0.2, 0.25) is 0 Å². The second-order valence-electron chi connectivity index (χ2n) is 5.83. The van der Waals surface area contributed by atoms with E-state index in [1.165, 1.54) is 29.7 Å². The lowest BCUT2D eigenvalue weighted by Crippen LogP contribution is -2.37. The molecule has 0 aromatic heterocycles. The van der Waals surface area contributed by atoms with Gasteiger partial charge in [0.1, 0.15) is 0 Å². The summed E-state index contributed by atoms with van der Waals surface area (Å²) >= 11 is 0. The van der Waals surface area contributed by atoms with Crippen LogP contribution in [0.2, 0.25) is 0 Å². The lowest BCUT2D eigenvalue weighted by Gasteiger charge is -2.25. The van der Waals surface area contributed by atoms with Crippen LogP contribution in [0, 0.1) is 0 Å². The number of rotatable bonds is 6. The average Bonchev–Trinajstić information content (AvgIpc) is 2.39. The molecule has 2 rings (SSSR count). The highest BCUT2D eigenvalue weighted by molar-refractivity contribution is 5.59. The summed E-state index contributed by atoms with van der Waals surface area (Å²) in [7, 11) is 0. The van der Waals surface area contributed by atoms with Gasteiger partial charge in [0, 0.05) is 25.3 Å². The molecule has 1 aliphatic heterocycles. The molecule has 1 atom stereocenters. The third-order valence-corrected chi connectivity index (χ3v) is 3.77. The zero-order chi connectivity index (χ0) is 13.7. The Morgan fingerprint density at radius 1 is 1.42 bits per heavy atom. The number of aliphatic hydroxyl groups is 1. The SMILES string of the molecule is CCCC(C)(O)CNCc1cccc2c1NCCC2. The molecule has 0 saturated heterocycles. The highest BCUT2D eigenvalue weighted by Crippen LogP contribution is 2.26. The van der Waals surface area contributed by atoms with E-state index in [1.54, 1.807) is 0 Å². The number of anilines is 1. The molecule has 106 valence electrons. The molecule has 1 aliphatic rings. The summed E-state index contributed by atoms with van der Waals surface area (Å²) in [5.74, 6) is 0. The number of hydrogen-bond acceptors (Lipinski definition) is 3. The largest absolute Gasteiger partial charge is 0.389 e. The van der Waals surface area contributed by atoms with Crippen molar-refractivity contribution >= 4 is 5.69 Å². The lowest BCUT2D eigenvalue weighted by molar-refractivity contribution is 0.0498. The van der Waals surface area contributed by atoms with Gasteiger partial charge in [-0.1, -0.05) is 31.5 Å². The van der Waals surface area contributed by atoms with E-state index in [-0.39, 0.29) is 0 Å². The van der Waals surface area contributed by atoms with Crippen molar-refractivity contribution < 1.29 is 5.11 Å². The van der Waals surface area contributed by atoms with Crippen LogP contribution in [-0.4, -0.2) is 23.8 Å². The second kappa shape index (κ2) is 6.40. The van der Waals surface area contributed by atoms with E-state index >= 15 is 0 Å². The monoisotopic (exact) mass is 262 g/mol. The molecule has 1 unspecified atom stereocenters. The first kappa shape index (κ1) is 14.4. The minimum absolute atomic E-state index is 0.600.